The number of hydrogen-bond acceptors (Lipinski definition) is 5. The minimum Gasteiger partial charge on any atom is -0.324 e. The standard InChI is InChI=1S/C17H14ClN3OS3/c1-11(15(22)19-14-10-6-5-9-13(14)18)24-16-20-21(17(23)25-16)12-7-3-2-4-8-12/h2-11H,1H3,(H,19,22)/t11-/m0/s1. The van der Waals surface area contributed by atoms with Crippen molar-refractivity contribution in [2.24, 2.45) is 0 Å². The van der Waals surface area contributed by atoms with Crippen molar-refractivity contribution in [2.75, 3.05) is 5.32 Å². The van der Waals surface area contributed by atoms with Gasteiger partial charge >= 0.3 is 0 Å². The molecule has 0 aliphatic heterocycles. The number of amides is 1. The highest BCUT2D eigenvalue weighted by Crippen LogP contribution is 2.29. The third-order valence-electron chi connectivity index (χ3n) is 3.31. The van der Waals surface area contributed by atoms with Gasteiger partial charge in [-0.15, -0.1) is 5.10 Å². The molecule has 3 rings (SSSR count). The summed E-state index contributed by atoms with van der Waals surface area (Å²) in [5.41, 5.74) is 1.51. The van der Waals surface area contributed by atoms with E-state index in [0.29, 0.717) is 14.7 Å². The molecule has 1 N–H and O–H groups in total. The summed E-state index contributed by atoms with van der Waals surface area (Å²) >= 11 is 14.2. The highest BCUT2D eigenvalue weighted by Gasteiger charge is 2.18. The molecule has 128 valence electrons. The topological polar surface area (TPSA) is 46.9 Å². The molecule has 4 nitrogen and oxygen atoms in total. The normalized spacial score (nSPS) is 11.9. The molecule has 0 saturated heterocycles. The number of nitrogens with zero attached hydrogens (tertiary/aromatic N) is 2. The fourth-order valence-electron chi connectivity index (χ4n) is 2.04. The Labute approximate surface area is 163 Å². The molecule has 2 aromatic carbocycles. The van der Waals surface area contributed by atoms with Gasteiger partial charge in [0.15, 0.2) is 8.29 Å². The van der Waals surface area contributed by atoms with E-state index in [9.17, 15) is 4.79 Å². The lowest BCUT2D eigenvalue weighted by Crippen LogP contribution is -2.22. The lowest BCUT2D eigenvalue weighted by atomic mass is 10.3. The van der Waals surface area contributed by atoms with E-state index in [2.05, 4.69) is 10.4 Å². The first-order valence-corrected chi connectivity index (χ1v) is 9.90. The summed E-state index contributed by atoms with van der Waals surface area (Å²) in [5, 5.41) is 7.53. The Hall–Kier alpha value is -1.67. The van der Waals surface area contributed by atoms with Gasteiger partial charge in [-0.3, -0.25) is 4.79 Å². The summed E-state index contributed by atoms with van der Waals surface area (Å²) in [7, 11) is 0. The van der Waals surface area contributed by atoms with Crippen molar-refractivity contribution in [1.29, 1.82) is 0 Å². The van der Waals surface area contributed by atoms with Gasteiger partial charge in [0.2, 0.25) is 5.91 Å². The number of hydrogen-bond donors (Lipinski definition) is 1. The largest absolute Gasteiger partial charge is 0.324 e. The monoisotopic (exact) mass is 407 g/mol. The zero-order chi connectivity index (χ0) is 17.8. The smallest absolute Gasteiger partial charge is 0.237 e. The predicted molar refractivity (Wildman–Crippen MR) is 108 cm³/mol. The Balaban J connectivity index is 1.71. The zero-order valence-corrected chi connectivity index (χ0v) is 16.4. The SMILES string of the molecule is C[C@H](Sc1nn(-c2ccccc2)c(=S)s1)C(=O)Nc1ccccc1Cl. The first-order valence-electron chi connectivity index (χ1n) is 7.42. The Kier molecular flexibility index (Phi) is 5.90. The minimum atomic E-state index is -0.332. The van der Waals surface area contributed by atoms with Crippen LogP contribution in [0.3, 0.4) is 0 Å². The molecule has 0 aliphatic rings. The number of carbonyl (C=O) groups excluding carboxylic acids is 1. The maximum absolute atomic E-state index is 12.4. The quantitative estimate of drug-likeness (QED) is 0.452. The fourth-order valence-corrected chi connectivity index (χ4v) is 4.73. The number of rotatable bonds is 5. The third-order valence-corrected chi connectivity index (χ3v) is 6.05. The summed E-state index contributed by atoms with van der Waals surface area (Å²) < 4.78 is 3.10. The number of carbonyl (C=O) groups is 1. The van der Waals surface area contributed by atoms with Crippen LogP contribution < -0.4 is 5.32 Å². The summed E-state index contributed by atoms with van der Waals surface area (Å²) in [5.74, 6) is -0.134. The van der Waals surface area contributed by atoms with Crippen molar-refractivity contribution in [3.63, 3.8) is 0 Å². The molecule has 0 radical (unpaired) electrons. The molecule has 1 aromatic heterocycles. The van der Waals surface area contributed by atoms with Crippen molar-refractivity contribution >= 4 is 58.5 Å². The van der Waals surface area contributed by atoms with Crippen LogP contribution in [-0.2, 0) is 4.79 Å². The zero-order valence-electron chi connectivity index (χ0n) is 13.2. The molecule has 1 amide bonds. The maximum Gasteiger partial charge on any atom is 0.237 e. The van der Waals surface area contributed by atoms with Gasteiger partial charge < -0.3 is 5.32 Å². The van der Waals surface area contributed by atoms with Crippen LogP contribution in [0, 0.1) is 3.95 Å². The summed E-state index contributed by atoms with van der Waals surface area (Å²) in [6.45, 7) is 1.83. The van der Waals surface area contributed by atoms with Crippen LogP contribution in [0.25, 0.3) is 5.69 Å². The van der Waals surface area contributed by atoms with E-state index in [0.717, 1.165) is 10.0 Å². The third kappa shape index (κ3) is 4.49. The predicted octanol–water partition coefficient (Wildman–Crippen LogP) is 5.44. The average Bonchev–Trinajstić information content (AvgIpc) is 2.98. The molecule has 3 aromatic rings. The van der Waals surface area contributed by atoms with Crippen molar-refractivity contribution in [3.8, 4) is 5.69 Å². The van der Waals surface area contributed by atoms with E-state index in [4.69, 9.17) is 23.8 Å². The molecule has 0 fully saturated rings. The Morgan fingerprint density at radius 2 is 1.92 bits per heavy atom. The van der Waals surface area contributed by atoms with Crippen LogP contribution in [-0.4, -0.2) is 20.9 Å². The van der Waals surface area contributed by atoms with Crippen molar-refractivity contribution in [3.05, 3.63) is 63.6 Å². The molecule has 8 heteroatoms. The fraction of sp³-hybridized carbons (Fsp3) is 0.118. The van der Waals surface area contributed by atoms with Crippen molar-refractivity contribution < 1.29 is 4.79 Å². The van der Waals surface area contributed by atoms with Crippen molar-refractivity contribution in [1.82, 2.24) is 9.78 Å². The number of halogens is 1. The van der Waals surface area contributed by atoms with Gasteiger partial charge in [0, 0.05) is 0 Å². The van der Waals surface area contributed by atoms with Crippen LogP contribution in [0.4, 0.5) is 5.69 Å². The van der Waals surface area contributed by atoms with Crippen LogP contribution in [0.1, 0.15) is 6.92 Å². The molecule has 0 spiro atoms. The summed E-state index contributed by atoms with van der Waals surface area (Å²) in [4.78, 5) is 12.4. The van der Waals surface area contributed by atoms with E-state index in [1.807, 2.05) is 49.4 Å². The van der Waals surface area contributed by atoms with Gasteiger partial charge in [0.05, 0.1) is 21.6 Å². The summed E-state index contributed by atoms with van der Waals surface area (Å²) in [6.07, 6.45) is 0. The summed E-state index contributed by atoms with van der Waals surface area (Å²) in [6, 6.07) is 16.8. The van der Waals surface area contributed by atoms with Crippen LogP contribution >= 0.6 is 46.9 Å². The number of para-hydroxylation sites is 2. The highest BCUT2D eigenvalue weighted by atomic mass is 35.5. The van der Waals surface area contributed by atoms with Crippen LogP contribution in [0.5, 0.6) is 0 Å². The maximum atomic E-state index is 12.4. The first kappa shape index (κ1) is 18.1. The van der Waals surface area contributed by atoms with Gasteiger partial charge in [-0.05, 0) is 43.4 Å². The molecular formula is C17H14ClN3OS3. The van der Waals surface area contributed by atoms with Crippen LogP contribution in [0.15, 0.2) is 58.9 Å². The van der Waals surface area contributed by atoms with Gasteiger partial charge in [-0.2, -0.15) is 0 Å². The average molecular weight is 408 g/mol. The minimum absolute atomic E-state index is 0.134. The second-order valence-corrected chi connectivity index (χ2v) is 8.73. The van der Waals surface area contributed by atoms with E-state index >= 15 is 0 Å². The number of aromatic nitrogens is 2. The molecule has 0 saturated carbocycles. The first-order chi connectivity index (χ1) is 12.0. The molecule has 1 heterocycles. The number of anilines is 1. The number of thioether (sulfide) groups is 1. The molecule has 1 atom stereocenters. The number of benzene rings is 2. The van der Waals surface area contributed by atoms with E-state index in [1.165, 1.54) is 23.1 Å². The highest BCUT2D eigenvalue weighted by molar-refractivity contribution is 8.02. The molecule has 0 aliphatic carbocycles. The molecular weight excluding hydrogens is 394 g/mol. The lowest BCUT2D eigenvalue weighted by Gasteiger charge is -2.11. The second-order valence-electron chi connectivity index (χ2n) is 5.11. The Bertz CT molecular complexity index is 940. The second kappa shape index (κ2) is 8.14. The van der Waals surface area contributed by atoms with Gasteiger partial charge in [0.25, 0.3) is 0 Å². The molecule has 0 unspecified atom stereocenters. The van der Waals surface area contributed by atoms with Crippen molar-refractivity contribution in [2.45, 2.75) is 16.5 Å². The van der Waals surface area contributed by atoms with Gasteiger partial charge in [0.1, 0.15) is 0 Å². The number of nitrogens with one attached hydrogen (secondary N) is 1. The van der Waals surface area contributed by atoms with Crippen LogP contribution in [0.2, 0.25) is 5.02 Å². The lowest BCUT2D eigenvalue weighted by molar-refractivity contribution is -0.115. The Morgan fingerprint density at radius 3 is 2.64 bits per heavy atom. The Morgan fingerprint density at radius 1 is 1.24 bits per heavy atom. The molecule has 0 bridgehead atoms. The molecule has 25 heavy (non-hydrogen) atoms. The van der Waals surface area contributed by atoms with Gasteiger partial charge in [-0.1, -0.05) is 65.0 Å². The van der Waals surface area contributed by atoms with Gasteiger partial charge in [-0.25, -0.2) is 4.68 Å². The van der Waals surface area contributed by atoms with E-state index < -0.39 is 0 Å². The van der Waals surface area contributed by atoms with E-state index in [-0.39, 0.29) is 11.2 Å². The van der Waals surface area contributed by atoms with E-state index in [1.54, 1.807) is 16.8 Å².